The first-order valence-electron chi connectivity index (χ1n) is 11.8. The number of fused-ring (bicyclic) bond motifs is 1. The van der Waals surface area contributed by atoms with Crippen LogP contribution in [-0.2, 0) is 14.8 Å². The molecule has 2 saturated heterocycles. The number of carbonyl (C=O) groups excluding carboxylic acids is 1. The number of pyridine rings is 1. The number of morpholine rings is 1. The van der Waals surface area contributed by atoms with Gasteiger partial charge in [-0.2, -0.15) is 0 Å². The molecule has 4 heterocycles. The van der Waals surface area contributed by atoms with E-state index in [0.717, 1.165) is 0 Å². The standard InChI is InChI=1S/C23H32FN5O4S/c1-15-12-28(13-16(2)25-15)21-17-4-5-18(22(30)27-8-10-33-11-9-27)29(17)14-19(20(21)24)34(31,32)26-23(3)6-7-23/h4-5,14-16,25-26H,6-13H2,1-3H3/t15-,16-/m0/s1. The minimum atomic E-state index is -4.14. The van der Waals surface area contributed by atoms with E-state index < -0.39 is 26.3 Å². The van der Waals surface area contributed by atoms with Gasteiger partial charge in [0.2, 0.25) is 10.0 Å². The van der Waals surface area contributed by atoms with Crippen molar-refractivity contribution in [2.24, 2.45) is 0 Å². The number of rotatable bonds is 5. The van der Waals surface area contributed by atoms with Gasteiger partial charge in [0.05, 0.1) is 24.4 Å². The number of piperazine rings is 1. The molecular formula is C23H32FN5O4S. The van der Waals surface area contributed by atoms with Crippen LogP contribution in [0.1, 0.15) is 44.1 Å². The van der Waals surface area contributed by atoms with Crippen LogP contribution in [0.5, 0.6) is 0 Å². The minimum Gasteiger partial charge on any atom is -0.378 e. The second-order valence-corrected chi connectivity index (χ2v) is 11.7. The van der Waals surface area contributed by atoms with Gasteiger partial charge in [-0.05, 0) is 45.7 Å². The Kier molecular flexibility index (Phi) is 5.86. The molecule has 1 aliphatic carbocycles. The third kappa shape index (κ3) is 4.30. The van der Waals surface area contributed by atoms with E-state index in [-0.39, 0.29) is 23.7 Å². The molecular weight excluding hydrogens is 461 g/mol. The molecule has 0 unspecified atom stereocenters. The van der Waals surface area contributed by atoms with Gasteiger partial charge in [-0.25, -0.2) is 17.5 Å². The molecule has 3 fully saturated rings. The van der Waals surface area contributed by atoms with Gasteiger partial charge in [-0.15, -0.1) is 0 Å². The van der Waals surface area contributed by atoms with E-state index in [2.05, 4.69) is 10.0 Å². The zero-order chi connectivity index (χ0) is 24.3. The molecule has 34 heavy (non-hydrogen) atoms. The Balaban J connectivity index is 1.66. The maximum atomic E-state index is 16.1. The van der Waals surface area contributed by atoms with E-state index in [1.807, 2.05) is 25.7 Å². The molecule has 186 valence electrons. The molecule has 11 heteroatoms. The Hall–Kier alpha value is -2.21. The van der Waals surface area contributed by atoms with Crippen LogP contribution in [0.15, 0.2) is 23.2 Å². The van der Waals surface area contributed by atoms with Crippen molar-refractivity contribution in [2.45, 2.75) is 56.1 Å². The van der Waals surface area contributed by atoms with Crippen molar-refractivity contribution in [1.29, 1.82) is 0 Å². The molecule has 5 rings (SSSR count). The van der Waals surface area contributed by atoms with E-state index in [0.29, 0.717) is 63.4 Å². The second kappa shape index (κ2) is 8.47. The smallest absolute Gasteiger partial charge is 0.270 e. The van der Waals surface area contributed by atoms with Crippen LogP contribution in [-0.4, -0.2) is 80.6 Å². The van der Waals surface area contributed by atoms with Gasteiger partial charge in [-0.1, -0.05) is 0 Å². The average molecular weight is 494 g/mol. The number of hydrogen-bond acceptors (Lipinski definition) is 6. The fourth-order valence-corrected chi connectivity index (χ4v) is 6.49. The first kappa shape index (κ1) is 23.5. The minimum absolute atomic E-state index is 0.0939. The molecule has 2 atom stereocenters. The summed E-state index contributed by atoms with van der Waals surface area (Å²) in [7, 11) is -4.14. The van der Waals surface area contributed by atoms with Crippen LogP contribution >= 0.6 is 0 Å². The van der Waals surface area contributed by atoms with Crippen LogP contribution in [0.3, 0.4) is 0 Å². The largest absolute Gasteiger partial charge is 0.378 e. The quantitative estimate of drug-likeness (QED) is 0.657. The first-order valence-corrected chi connectivity index (χ1v) is 13.3. The number of carbonyl (C=O) groups is 1. The van der Waals surface area contributed by atoms with E-state index in [1.165, 1.54) is 10.6 Å². The van der Waals surface area contributed by atoms with E-state index in [4.69, 9.17) is 4.74 Å². The highest BCUT2D eigenvalue weighted by Gasteiger charge is 2.43. The van der Waals surface area contributed by atoms with Gasteiger partial charge in [0.15, 0.2) is 5.82 Å². The summed E-state index contributed by atoms with van der Waals surface area (Å²) in [6.45, 7) is 8.69. The summed E-state index contributed by atoms with van der Waals surface area (Å²) in [5.74, 6) is -1.01. The molecule has 2 aromatic rings. The summed E-state index contributed by atoms with van der Waals surface area (Å²) >= 11 is 0. The van der Waals surface area contributed by atoms with Crippen LogP contribution in [0.2, 0.25) is 0 Å². The van der Waals surface area contributed by atoms with Gasteiger partial charge in [0, 0.05) is 50.0 Å². The number of halogens is 1. The summed E-state index contributed by atoms with van der Waals surface area (Å²) < 4.78 is 52.3. The molecule has 3 aliphatic rings. The molecule has 2 aliphatic heterocycles. The Morgan fingerprint density at radius 2 is 1.82 bits per heavy atom. The number of sulfonamides is 1. The van der Waals surface area contributed by atoms with Crippen LogP contribution < -0.4 is 14.9 Å². The summed E-state index contributed by atoms with van der Waals surface area (Å²) in [6.07, 6.45) is 2.67. The van der Waals surface area contributed by atoms with Crippen LogP contribution in [0, 0.1) is 5.82 Å². The molecule has 0 bridgehead atoms. The molecule has 9 nitrogen and oxygen atoms in total. The van der Waals surface area contributed by atoms with Gasteiger partial charge in [0.1, 0.15) is 10.6 Å². The lowest BCUT2D eigenvalue weighted by Gasteiger charge is -2.38. The number of hydrogen-bond donors (Lipinski definition) is 2. The average Bonchev–Trinajstić information content (AvgIpc) is 3.34. The third-order valence-corrected chi connectivity index (χ3v) is 8.52. The monoisotopic (exact) mass is 493 g/mol. The summed E-state index contributed by atoms with van der Waals surface area (Å²) in [5.41, 5.74) is 0.447. The van der Waals surface area contributed by atoms with Crippen molar-refractivity contribution in [2.75, 3.05) is 44.3 Å². The van der Waals surface area contributed by atoms with Crippen LogP contribution in [0.25, 0.3) is 5.52 Å². The highest BCUT2D eigenvalue weighted by Crippen LogP contribution is 2.38. The number of anilines is 1. The third-order valence-electron chi connectivity index (χ3n) is 6.89. The first-order chi connectivity index (χ1) is 16.1. The fourth-order valence-electron chi connectivity index (χ4n) is 4.95. The molecule has 1 amide bonds. The van der Waals surface area contributed by atoms with Crippen molar-refractivity contribution >= 4 is 27.1 Å². The molecule has 2 N–H and O–H groups in total. The van der Waals surface area contributed by atoms with Crippen molar-refractivity contribution in [3.05, 3.63) is 29.8 Å². The van der Waals surface area contributed by atoms with E-state index in [1.54, 1.807) is 17.0 Å². The zero-order valence-corrected chi connectivity index (χ0v) is 20.6. The second-order valence-electron chi connectivity index (χ2n) is 10.1. The Labute approximate surface area is 199 Å². The number of nitrogens with one attached hydrogen (secondary N) is 2. The topological polar surface area (TPSA) is 95.4 Å². The van der Waals surface area contributed by atoms with Crippen molar-refractivity contribution < 1.29 is 22.3 Å². The van der Waals surface area contributed by atoms with Gasteiger partial charge >= 0.3 is 0 Å². The Morgan fingerprint density at radius 1 is 1.18 bits per heavy atom. The molecule has 0 radical (unpaired) electrons. The van der Waals surface area contributed by atoms with Gasteiger partial charge < -0.3 is 24.3 Å². The SMILES string of the molecule is C[C@H]1CN(c2c(F)c(S(=O)(=O)NC3(C)CC3)cn3c(C(=O)N4CCOCC4)ccc23)C[C@H](C)N1. The van der Waals surface area contributed by atoms with Crippen molar-refractivity contribution in [3.8, 4) is 0 Å². The van der Waals surface area contributed by atoms with E-state index >= 15 is 4.39 Å². The molecule has 1 saturated carbocycles. The lowest BCUT2D eigenvalue weighted by Crippen LogP contribution is -2.54. The molecule has 0 aromatic carbocycles. The predicted molar refractivity (Wildman–Crippen MR) is 126 cm³/mol. The van der Waals surface area contributed by atoms with Gasteiger partial charge in [-0.3, -0.25) is 4.79 Å². The zero-order valence-electron chi connectivity index (χ0n) is 19.8. The number of nitrogens with zero attached hydrogens (tertiary/aromatic N) is 3. The normalized spacial score (nSPS) is 25.1. The lowest BCUT2D eigenvalue weighted by atomic mass is 10.1. The molecule has 0 spiro atoms. The maximum Gasteiger partial charge on any atom is 0.270 e. The number of ether oxygens (including phenoxy) is 1. The number of amides is 1. The molecule has 2 aromatic heterocycles. The van der Waals surface area contributed by atoms with Crippen LogP contribution in [0.4, 0.5) is 10.1 Å². The highest BCUT2D eigenvalue weighted by atomic mass is 32.2. The Morgan fingerprint density at radius 3 is 2.44 bits per heavy atom. The lowest BCUT2D eigenvalue weighted by molar-refractivity contribution is 0.0298. The van der Waals surface area contributed by atoms with E-state index in [9.17, 15) is 13.2 Å². The summed E-state index contributed by atoms with van der Waals surface area (Å²) in [6, 6.07) is 3.54. The van der Waals surface area contributed by atoms with Gasteiger partial charge in [0.25, 0.3) is 5.91 Å². The number of aromatic nitrogens is 1. The van der Waals surface area contributed by atoms with Crippen molar-refractivity contribution in [1.82, 2.24) is 19.3 Å². The highest BCUT2D eigenvalue weighted by molar-refractivity contribution is 7.89. The Bertz CT molecular complexity index is 1210. The predicted octanol–water partition coefficient (Wildman–Crippen LogP) is 1.57. The summed E-state index contributed by atoms with van der Waals surface area (Å²) in [4.78, 5) is 16.5. The maximum absolute atomic E-state index is 16.1. The van der Waals surface area contributed by atoms with Crippen molar-refractivity contribution in [3.63, 3.8) is 0 Å². The summed E-state index contributed by atoms with van der Waals surface area (Å²) in [5, 5.41) is 3.42. The fraction of sp³-hybridized carbons (Fsp3) is 0.609.